The third kappa shape index (κ3) is 5.31. The summed E-state index contributed by atoms with van der Waals surface area (Å²) < 4.78 is 23.8. The van der Waals surface area contributed by atoms with Crippen molar-refractivity contribution in [2.75, 3.05) is 32.8 Å². The molecule has 152 valence electrons. The van der Waals surface area contributed by atoms with E-state index in [0.717, 1.165) is 22.9 Å². The van der Waals surface area contributed by atoms with E-state index in [0.29, 0.717) is 32.8 Å². The average molecular weight is 394 g/mol. The molecule has 0 aliphatic heterocycles. The SMILES string of the molecule is CCOC(=O)/C=C/c1cccc(CC)c1P(=O)(N(CC)CC)N(CC)CC. The van der Waals surface area contributed by atoms with E-state index < -0.39 is 7.44 Å². The van der Waals surface area contributed by atoms with Crippen LogP contribution in [0.15, 0.2) is 24.3 Å². The van der Waals surface area contributed by atoms with Crippen LogP contribution in [0.25, 0.3) is 6.08 Å². The molecule has 0 fully saturated rings. The maximum atomic E-state index is 14.6. The van der Waals surface area contributed by atoms with Crippen LogP contribution in [-0.2, 0) is 20.5 Å². The Hall–Kier alpha value is -1.42. The Balaban J connectivity index is 3.69. The lowest BCUT2D eigenvalue weighted by Crippen LogP contribution is -2.39. The Morgan fingerprint density at radius 1 is 1.00 bits per heavy atom. The van der Waals surface area contributed by atoms with Crippen molar-refractivity contribution in [3.63, 3.8) is 0 Å². The molecule has 0 amide bonds. The number of esters is 1. The molecule has 0 bridgehead atoms. The Morgan fingerprint density at radius 3 is 2.00 bits per heavy atom. The van der Waals surface area contributed by atoms with E-state index in [2.05, 4.69) is 16.3 Å². The molecule has 0 radical (unpaired) electrons. The highest BCUT2D eigenvalue weighted by Gasteiger charge is 2.38. The number of carbonyl (C=O) groups excluding carboxylic acids is 1. The molecule has 1 rings (SSSR count). The second kappa shape index (κ2) is 11.4. The van der Waals surface area contributed by atoms with Crippen molar-refractivity contribution in [2.45, 2.75) is 48.0 Å². The Kier molecular flexibility index (Phi) is 10.00. The average Bonchev–Trinajstić information content (AvgIpc) is 2.67. The molecule has 0 saturated heterocycles. The fourth-order valence-corrected chi connectivity index (χ4v) is 6.96. The minimum atomic E-state index is -3.00. The summed E-state index contributed by atoms with van der Waals surface area (Å²) in [6.45, 7) is 15.2. The quantitative estimate of drug-likeness (QED) is 0.318. The maximum Gasteiger partial charge on any atom is 0.330 e. The van der Waals surface area contributed by atoms with Crippen LogP contribution in [-0.4, -0.2) is 48.1 Å². The highest BCUT2D eigenvalue weighted by atomic mass is 31.2. The topological polar surface area (TPSA) is 49.9 Å². The molecule has 0 heterocycles. The standard InChI is InChI=1S/C21H35N2O3P/c1-7-18-14-13-15-19(16-17-20(24)26-12-6)21(18)27(25,22(8-2)9-3)23(10-4)11-5/h13-17H,7-12H2,1-6H3/b17-16+. The molecule has 0 saturated carbocycles. The number of hydrogen-bond acceptors (Lipinski definition) is 3. The monoisotopic (exact) mass is 394 g/mol. The summed E-state index contributed by atoms with van der Waals surface area (Å²) in [5.41, 5.74) is 1.88. The van der Waals surface area contributed by atoms with Crippen LogP contribution in [0, 0.1) is 0 Å². The van der Waals surface area contributed by atoms with E-state index in [1.54, 1.807) is 13.0 Å². The zero-order chi connectivity index (χ0) is 20.4. The highest BCUT2D eigenvalue weighted by Crippen LogP contribution is 2.53. The highest BCUT2D eigenvalue weighted by molar-refractivity contribution is 7.67. The molecule has 0 atom stereocenters. The smallest absolute Gasteiger partial charge is 0.330 e. The van der Waals surface area contributed by atoms with E-state index in [-0.39, 0.29) is 5.97 Å². The van der Waals surface area contributed by atoms with Crippen molar-refractivity contribution in [3.05, 3.63) is 35.4 Å². The molecule has 0 unspecified atom stereocenters. The second-order valence-corrected chi connectivity index (χ2v) is 8.78. The third-order valence-corrected chi connectivity index (χ3v) is 8.53. The Bertz CT molecular complexity index is 664. The molecule has 1 aromatic rings. The van der Waals surface area contributed by atoms with E-state index in [1.807, 2.05) is 45.9 Å². The molecule has 0 N–H and O–H groups in total. The van der Waals surface area contributed by atoms with Crippen LogP contribution < -0.4 is 5.30 Å². The van der Waals surface area contributed by atoms with Gasteiger partial charge in [0.1, 0.15) is 0 Å². The molecule has 6 heteroatoms. The molecule has 5 nitrogen and oxygen atoms in total. The Labute approximate surface area is 164 Å². The lowest BCUT2D eigenvalue weighted by atomic mass is 10.1. The first-order valence-corrected chi connectivity index (χ1v) is 11.6. The van der Waals surface area contributed by atoms with Gasteiger partial charge < -0.3 is 4.74 Å². The van der Waals surface area contributed by atoms with Gasteiger partial charge in [-0.1, -0.05) is 52.8 Å². The predicted molar refractivity (Wildman–Crippen MR) is 115 cm³/mol. The van der Waals surface area contributed by atoms with Crippen LogP contribution in [0.4, 0.5) is 0 Å². The van der Waals surface area contributed by atoms with Crippen molar-refractivity contribution < 1.29 is 14.1 Å². The molecule has 0 aromatic heterocycles. The lowest BCUT2D eigenvalue weighted by molar-refractivity contribution is -0.137. The number of carbonyl (C=O) groups is 1. The summed E-state index contributed by atoms with van der Waals surface area (Å²) >= 11 is 0. The van der Waals surface area contributed by atoms with Crippen molar-refractivity contribution in [1.82, 2.24) is 9.34 Å². The van der Waals surface area contributed by atoms with Crippen LogP contribution in [0.5, 0.6) is 0 Å². The summed E-state index contributed by atoms with van der Waals surface area (Å²) in [5.74, 6) is -0.383. The second-order valence-electron chi connectivity index (χ2n) is 6.12. The molecule has 27 heavy (non-hydrogen) atoms. The fourth-order valence-electron chi connectivity index (χ4n) is 3.41. The zero-order valence-corrected chi connectivity index (χ0v) is 18.6. The van der Waals surface area contributed by atoms with Gasteiger partial charge in [0.2, 0.25) is 7.44 Å². The molecule has 0 aliphatic carbocycles. The van der Waals surface area contributed by atoms with Gasteiger partial charge >= 0.3 is 5.97 Å². The molecule has 0 aliphatic rings. The van der Waals surface area contributed by atoms with E-state index in [1.165, 1.54) is 6.08 Å². The van der Waals surface area contributed by atoms with Crippen molar-refractivity contribution in [1.29, 1.82) is 0 Å². The number of rotatable bonds is 11. The predicted octanol–water partition coefficient (Wildman–Crippen LogP) is 4.33. The van der Waals surface area contributed by atoms with Crippen LogP contribution in [0.2, 0.25) is 0 Å². The van der Waals surface area contributed by atoms with E-state index >= 15 is 0 Å². The van der Waals surface area contributed by atoms with Gasteiger partial charge in [-0.05, 0) is 30.5 Å². The number of aryl methyl sites for hydroxylation is 1. The van der Waals surface area contributed by atoms with Crippen LogP contribution in [0.3, 0.4) is 0 Å². The van der Waals surface area contributed by atoms with Crippen molar-refractivity contribution in [3.8, 4) is 0 Å². The van der Waals surface area contributed by atoms with Gasteiger partial charge in [-0.15, -0.1) is 0 Å². The first kappa shape index (κ1) is 23.6. The Morgan fingerprint density at radius 2 is 1.56 bits per heavy atom. The van der Waals surface area contributed by atoms with E-state index in [9.17, 15) is 9.36 Å². The molecular formula is C21H35N2O3P. The third-order valence-electron chi connectivity index (χ3n) is 4.74. The summed E-state index contributed by atoms with van der Waals surface area (Å²) in [4.78, 5) is 11.8. The summed E-state index contributed by atoms with van der Waals surface area (Å²) in [6, 6.07) is 5.93. The largest absolute Gasteiger partial charge is 0.463 e. The first-order valence-electron chi connectivity index (χ1n) is 10.0. The molecular weight excluding hydrogens is 359 g/mol. The maximum absolute atomic E-state index is 14.6. The van der Waals surface area contributed by atoms with Crippen molar-refractivity contribution in [2.24, 2.45) is 0 Å². The zero-order valence-electron chi connectivity index (χ0n) is 17.7. The normalized spacial score (nSPS) is 12.3. The van der Waals surface area contributed by atoms with Gasteiger partial charge in [0.25, 0.3) is 0 Å². The van der Waals surface area contributed by atoms with Gasteiger partial charge in [-0.25, -0.2) is 14.1 Å². The van der Waals surface area contributed by atoms with Crippen molar-refractivity contribution >= 4 is 24.8 Å². The summed E-state index contributed by atoms with van der Waals surface area (Å²) in [5, 5.41) is 0.848. The van der Waals surface area contributed by atoms with Gasteiger partial charge in [-0.2, -0.15) is 0 Å². The van der Waals surface area contributed by atoms with Crippen LogP contribution >= 0.6 is 7.44 Å². The molecule has 0 spiro atoms. The van der Waals surface area contributed by atoms with Crippen LogP contribution in [0.1, 0.15) is 52.7 Å². The van der Waals surface area contributed by atoms with E-state index in [4.69, 9.17) is 4.74 Å². The summed E-state index contributed by atoms with van der Waals surface area (Å²) in [6.07, 6.45) is 3.95. The molecule has 1 aromatic carbocycles. The number of ether oxygens (including phenoxy) is 1. The number of benzene rings is 1. The lowest BCUT2D eigenvalue weighted by Gasteiger charge is -2.39. The minimum Gasteiger partial charge on any atom is -0.463 e. The first-order chi connectivity index (χ1) is 12.9. The minimum absolute atomic E-state index is 0.336. The van der Waals surface area contributed by atoms with Gasteiger partial charge in [0, 0.05) is 32.3 Å². The van der Waals surface area contributed by atoms with Gasteiger partial charge in [-0.3, -0.25) is 4.57 Å². The number of hydrogen-bond donors (Lipinski definition) is 0. The van der Waals surface area contributed by atoms with Gasteiger partial charge in [0.15, 0.2) is 0 Å². The fraction of sp³-hybridized carbons (Fsp3) is 0.571. The van der Waals surface area contributed by atoms with Gasteiger partial charge in [0.05, 0.1) is 11.9 Å². The number of nitrogens with zero attached hydrogens (tertiary/aromatic N) is 2. The summed E-state index contributed by atoms with van der Waals surface area (Å²) in [7, 11) is -3.00.